The lowest BCUT2D eigenvalue weighted by atomic mass is 10.1. The summed E-state index contributed by atoms with van der Waals surface area (Å²) in [5.41, 5.74) is 0.0560. The second kappa shape index (κ2) is 17.5. The number of benzene rings is 3. The van der Waals surface area contributed by atoms with Gasteiger partial charge in [0.1, 0.15) is 12.7 Å². The summed E-state index contributed by atoms with van der Waals surface area (Å²) in [6, 6.07) is 7.52. The van der Waals surface area contributed by atoms with Crippen LogP contribution in [0, 0.1) is 0 Å². The summed E-state index contributed by atoms with van der Waals surface area (Å²) in [5.74, 6) is -3.44. The third-order valence-corrected chi connectivity index (χ3v) is 7.10. The molecule has 0 aromatic heterocycles. The molecule has 0 bridgehead atoms. The predicted molar refractivity (Wildman–Crippen MR) is 166 cm³/mol. The van der Waals surface area contributed by atoms with Gasteiger partial charge in [0.2, 0.25) is 5.75 Å². The number of carbonyl (C=O) groups excluding carboxylic acids is 3. The molecule has 260 valence electrons. The van der Waals surface area contributed by atoms with Crippen molar-refractivity contribution < 1.29 is 73.1 Å². The lowest BCUT2D eigenvalue weighted by Crippen LogP contribution is -2.26. The Bertz CT molecular complexity index is 1520. The van der Waals surface area contributed by atoms with Crippen LogP contribution in [-0.4, -0.2) is 91.2 Å². The molecule has 0 aliphatic heterocycles. The quantitative estimate of drug-likeness (QED) is 0.0789. The SMILES string of the molecule is COc1cc(C(=O)OCC(CCCCOC(=O)c2cc(OC)c(O)c(OC)c2)OC(=O)c2cc(CO)c(O)c(OC)c2)cc(CO)c1O. The van der Waals surface area contributed by atoms with Gasteiger partial charge in [-0.1, -0.05) is 0 Å². The average molecular weight is 675 g/mol. The summed E-state index contributed by atoms with van der Waals surface area (Å²) >= 11 is 0. The number of hydrogen-bond donors (Lipinski definition) is 5. The minimum atomic E-state index is -1.00. The van der Waals surface area contributed by atoms with E-state index in [9.17, 15) is 39.9 Å². The summed E-state index contributed by atoms with van der Waals surface area (Å²) < 4.78 is 36.6. The first-order valence-electron chi connectivity index (χ1n) is 14.5. The van der Waals surface area contributed by atoms with Gasteiger partial charge in [-0.2, -0.15) is 0 Å². The maximum absolute atomic E-state index is 13.1. The average Bonchev–Trinajstić information content (AvgIpc) is 3.10. The number of carbonyl (C=O) groups is 3. The van der Waals surface area contributed by atoms with Crippen molar-refractivity contribution in [2.45, 2.75) is 38.6 Å². The first-order chi connectivity index (χ1) is 23.0. The van der Waals surface area contributed by atoms with E-state index in [0.29, 0.717) is 12.8 Å². The van der Waals surface area contributed by atoms with Crippen LogP contribution < -0.4 is 18.9 Å². The first-order valence-corrected chi connectivity index (χ1v) is 14.5. The van der Waals surface area contributed by atoms with E-state index < -0.39 is 43.8 Å². The van der Waals surface area contributed by atoms with Crippen molar-refractivity contribution in [3.05, 3.63) is 64.2 Å². The molecule has 1 atom stereocenters. The van der Waals surface area contributed by atoms with Crippen molar-refractivity contribution in [3.63, 3.8) is 0 Å². The van der Waals surface area contributed by atoms with Gasteiger partial charge in [-0.05, 0) is 55.7 Å². The van der Waals surface area contributed by atoms with Gasteiger partial charge in [0.15, 0.2) is 34.5 Å². The largest absolute Gasteiger partial charge is 0.504 e. The number of aromatic hydroxyl groups is 3. The summed E-state index contributed by atoms with van der Waals surface area (Å²) in [7, 11) is 5.19. The highest BCUT2D eigenvalue weighted by molar-refractivity contribution is 5.92. The topological polar surface area (TPSA) is 217 Å². The number of hydrogen-bond acceptors (Lipinski definition) is 15. The Hall–Kier alpha value is -5.41. The second-order valence-electron chi connectivity index (χ2n) is 10.2. The van der Waals surface area contributed by atoms with Gasteiger partial charge in [0, 0.05) is 11.1 Å². The highest BCUT2D eigenvalue weighted by atomic mass is 16.6. The van der Waals surface area contributed by atoms with Gasteiger partial charge in [0.25, 0.3) is 0 Å². The van der Waals surface area contributed by atoms with Crippen LogP contribution in [-0.2, 0) is 27.4 Å². The van der Waals surface area contributed by atoms with Crippen molar-refractivity contribution in [1.82, 2.24) is 0 Å². The van der Waals surface area contributed by atoms with E-state index >= 15 is 0 Å². The van der Waals surface area contributed by atoms with Gasteiger partial charge >= 0.3 is 17.9 Å². The van der Waals surface area contributed by atoms with Crippen molar-refractivity contribution in [2.75, 3.05) is 41.7 Å². The number of unbranched alkanes of at least 4 members (excludes halogenated alkanes) is 1. The molecule has 0 radical (unpaired) electrons. The van der Waals surface area contributed by atoms with E-state index in [1.165, 1.54) is 64.8 Å². The molecule has 0 saturated heterocycles. The van der Waals surface area contributed by atoms with E-state index in [0.717, 1.165) is 0 Å². The van der Waals surface area contributed by atoms with Crippen LogP contribution in [0.3, 0.4) is 0 Å². The maximum atomic E-state index is 13.1. The van der Waals surface area contributed by atoms with Crippen molar-refractivity contribution >= 4 is 17.9 Å². The minimum absolute atomic E-state index is 0.0240. The number of phenolic OH excluding ortho intramolecular Hbond substituents is 1. The van der Waals surface area contributed by atoms with E-state index in [1.807, 2.05) is 0 Å². The van der Waals surface area contributed by atoms with E-state index in [-0.39, 0.29) is 81.1 Å². The molecule has 5 N–H and O–H groups in total. The zero-order valence-corrected chi connectivity index (χ0v) is 26.8. The maximum Gasteiger partial charge on any atom is 0.338 e. The van der Waals surface area contributed by atoms with Gasteiger partial charge in [0.05, 0.1) is 65.0 Å². The van der Waals surface area contributed by atoms with E-state index in [1.54, 1.807) is 0 Å². The smallest absolute Gasteiger partial charge is 0.338 e. The molecule has 3 aromatic carbocycles. The number of esters is 3. The zero-order chi connectivity index (χ0) is 35.4. The normalized spacial score (nSPS) is 11.3. The van der Waals surface area contributed by atoms with Crippen LogP contribution in [0.5, 0.6) is 40.2 Å². The van der Waals surface area contributed by atoms with Crippen molar-refractivity contribution in [3.8, 4) is 40.2 Å². The molecule has 15 nitrogen and oxygen atoms in total. The monoisotopic (exact) mass is 674 g/mol. The Kier molecular flexibility index (Phi) is 13.5. The summed E-state index contributed by atoms with van der Waals surface area (Å²) in [5, 5.41) is 49.5. The Labute approximate surface area is 275 Å². The van der Waals surface area contributed by atoms with Crippen molar-refractivity contribution in [2.24, 2.45) is 0 Å². The molecule has 3 rings (SSSR count). The zero-order valence-electron chi connectivity index (χ0n) is 26.8. The number of methoxy groups -OCH3 is 4. The molecule has 0 spiro atoms. The highest BCUT2D eigenvalue weighted by Gasteiger charge is 2.23. The Balaban J connectivity index is 1.71. The molecule has 0 aliphatic rings. The Morgan fingerprint density at radius 1 is 0.583 bits per heavy atom. The Morgan fingerprint density at radius 3 is 1.46 bits per heavy atom. The molecule has 0 aliphatic carbocycles. The number of aliphatic hydroxyl groups is 2. The first kappa shape index (κ1) is 37.1. The molecule has 0 heterocycles. The standard InChI is InChI=1S/C33H38O15/c1-42-24-11-18(9-21(15-34)28(24)36)32(40)47-17-23(48-33(41)19-10-22(16-35)29(37)25(12-19)43-2)7-5-6-8-46-31(39)20-13-26(44-3)30(38)27(14-20)45-4/h9-14,23,34-38H,5-8,15-17H2,1-4H3. The predicted octanol–water partition coefficient (Wildman–Crippen LogP) is 3.23. The van der Waals surface area contributed by atoms with Gasteiger partial charge in [-0.25, -0.2) is 14.4 Å². The molecule has 0 amide bonds. The number of rotatable bonds is 17. The molecule has 0 saturated carbocycles. The van der Waals surface area contributed by atoms with Gasteiger partial charge < -0.3 is 58.7 Å². The van der Waals surface area contributed by atoms with Crippen LogP contribution in [0.15, 0.2) is 36.4 Å². The second-order valence-corrected chi connectivity index (χ2v) is 10.2. The van der Waals surface area contributed by atoms with Crippen LogP contribution in [0.2, 0.25) is 0 Å². The number of aliphatic hydroxyl groups excluding tert-OH is 2. The van der Waals surface area contributed by atoms with E-state index in [4.69, 9.17) is 33.2 Å². The molecule has 0 fully saturated rings. The number of ether oxygens (including phenoxy) is 7. The van der Waals surface area contributed by atoms with Crippen LogP contribution in [0.25, 0.3) is 0 Å². The van der Waals surface area contributed by atoms with Crippen molar-refractivity contribution in [1.29, 1.82) is 0 Å². The summed E-state index contributed by atoms with van der Waals surface area (Å²) in [6.45, 7) is -1.60. The fourth-order valence-electron chi connectivity index (χ4n) is 4.50. The van der Waals surface area contributed by atoms with Crippen LogP contribution in [0.4, 0.5) is 0 Å². The van der Waals surface area contributed by atoms with Gasteiger partial charge in [-0.3, -0.25) is 0 Å². The minimum Gasteiger partial charge on any atom is -0.504 e. The molecule has 3 aromatic rings. The third-order valence-electron chi connectivity index (χ3n) is 7.10. The lowest BCUT2D eigenvalue weighted by Gasteiger charge is -2.19. The highest BCUT2D eigenvalue weighted by Crippen LogP contribution is 2.37. The van der Waals surface area contributed by atoms with E-state index in [2.05, 4.69) is 0 Å². The molecule has 48 heavy (non-hydrogen) atoms. The fourth-order valence-corrected chi connectivity index (χ4v) is 4.50. The summed E-state index contributed by atoms with van der Waals surface area (Å²) in [4.78, 5) is 38.7. The molecular formula is C33H38O15. The molecule has 15 heteroatoms. The number of phenols is 3. The summed E-state index contributed by atoms with van der Waals surface area (Å²) in [6.07, 6.45) is -0.193. The fraction of sp³-hybridized carbons (Fsp3) is 0.364. The molecule has 1 unspecified atom stereocenters. The lowest BCUT2D eigenvalue weighted by molar-refractivity contribution is -0.00387. The third kappa shape index (κ3) is 9.11. The van der Waals surface area contributed by atoms with Crippen LogP contribution in [0.1, 0.15) is 61.5 Å². The molecular weight excluding hydrogens is 636 g/mol. The van der Waals surface area contributed by atoms with Crippen LogP contribution >= 0.6 is 0 Å². The Morgan fingerprint density at radius 2 is 1.00 bits per heavy atom. The van der Waals surface area contributed by atoms with Gasteiger partial charge in [-0.15, -0.1) is 0 Å².